The van der Waals surface area contributed by atoms with Crippen LogP contribution in [-0.4, -0.2) is 9.97 Å². The Morgan fingerprint density at radius 2 is 2.06 bits per heavy atom. The van der Waals surface area contributed by atoms with E-state index in [9.17, 15) is 4.39 Å². The maximum atomic E-state index is 13.3. The topological polar surface area (TPSA) is 25.8 Å². The van der Waals surface area contributed by atoms with Crippen molar-refractivity contribution < 1.29 is 4.39 Å². The average molecular weight is 330 g/mol. The quantitative estimate of drug-likeness (QED) is 0.754. The predicted octanol–water partition coefficient (Wildman–Crippen LogP) is 4.57. The van der Waals surface area contributed by atoms with Gasteiger partial charge in [0.25, 0.3) is 0 Å². The average Bonchev–Trinajstić information content (AvgIpc) is 2.35. The fourth-order valence-corrected chi connectivity index (χ4v) is 2.30. The summed E-state index contributed by atoms with van der Waals surface area (Å²) in [4.78, 5) is 8.61. The molecule has 2 aromatic rings. The number of benzene rings is 1. The third-order valence-electron chi connectivity index (χ3n) is 2.65. The molecule has 0 bridgehead atoms. The van der Waals surface area contributed by atoms with Gasteiger partial charge in [-0.15, -0.1) is 0 Å². The zero-order valence-electron chi connectivity index (χ0n) is 9.97. The van der Waals surface area contributed by atoms with Gasteiger partial charge in [-0.05, 0) is 47.0 Å². The Morgan fingerprint density at radius 1 is 1.33 bits per heavy atom. The minimum atomic E-state index is -0.309. The van der Waals surface area contributed by atoms with Crippen molar-refractivity contribution >= 4 is 27.5 Å². The highest BCUT2D eigenvalue weighted by Crippen LogP contribution is 2.28. The predicted molar refractivity (Wildman–Crippen MR) is 74.3 cm³/mol. The molecule has 0 saturated carbocycles. The van der Waals surface area contributed by atoms with Crippen LogP contribution >= 0.6 is 27.5 Å². The number of rotatable bonds is 2. The lowest BCUT2D eigenvalue weighted by atomic mass is 10.1. The highest BCUT2D eigenvalue weighted by Gasteiger charge is 2.13. The third-order valence-corrected chi connectivity index (χ3v) is 3.99. The number of hydrogen-bond donors (Lipinski definition) is 0. The first-order valence-electron chi connectivity index (χ1n) is 5.51. The van der Waals surface area contributed by atoms with Gasteiger partial charge in [0.1, 0.15) is 11.0 Å². The van der Waals surface area contributed by atoms with E-state index < -0.39 is 0 Å². The largest absolute Gasteiger partial charge is 0.232 e. The van der Waals surface area contributed by atoms with Crippen molar-refractivity contribution in [2.75, 3.05) is 0 Å². The van der Waals surface area contributed by atoms with Crippen molar-refractivity contribution in [3.8, 4) is 11.4 Å². The number of aromatic nitrogens is 2. The molecule has 2 rings (SSSR count). The zero-order valence-corrected chi connectivity index (χ0v) is 12.3. The van der Waals surface area contributed by atoms with Crippen molar-refractivity contribution in [2.24, 2.45) is 0 Å². The van der Waals surface area contributed by atoms with Crippen molar-refractivity contribution in [1.29, 1.82) is 0 Å². The summed E-state index contributed by atoms with van der Waals surface area (Å²) in [6.45, 7) is 3.87. The summed E-state index contributed by atoms with van der Waals surface area (Å²) < 4.78 is 14.0. The number of aryl methyl sites for hydroxylation is 2. The molecule has 5 heteroatoms. The van der Waals surface area contributed by atoms with Gasteiger partial charge < -0.3 is 0 Å². The van der Waals surface area contributed by atoms with Crippen molar-refractivity contribution in [1.82, 2.24) is 9.97 Å². The van der Waals surface area contributed by atoms with Gasteiger partial charge in [0.15, 0.2) is 5.82 Å². The van der Waals surface area contributed by atoms with Gasteiger partial charge in [0, 0.05) is 5.56 Å². The van der Waals surface area contributed by atoms with Crippen LogP contribution < -0.4 is 0 Å². The minimum Gasteiger partial charge on any atom is -0.232 e. The number of nitrogens with zero attached hydrogens (tertiary/aromatic N) is 2. The normalized spacial score (nSPS) is 10.7. The summed E-state index contributed by atoms with van der Waals surface area (Å²) in [5.74, 6) is 0.147. The van der Waals surface area contributed by atoms with Crippen LogP contribution in [0.15, 0.2) is 22.7 Å². The second-order valence-electron chi connectivity index (χ2n) is 3.91. The highest BCUT2D eigenvalue weighted by atomic mass is 79.9. The molecule has 0 aliphatic heterocycles. The summed E-state index contributed by atoms with van der Waals surface area (Å²) in [5, 5.41) is 0.348. The van der Waals surface area contributed by atoms with Crippen LogP contribution in [0.25, 0.3) is 11.4 Å². The van der Waals surface area contributed by atoms with Gasteiger partial charge in [0.2, 0.25) is 0 Å². The van der Waals surface area contributed by atoms with Crippen LogP contribution in [0, 0.1) is 12.7 Å². The molecule has 18 heavy (non-hydrogen) atoms. The Kier molecular flexibility index (Phi) is 3.97. The molecule has 94 valence electrons. The van der Waals surface area contributed by atoms with Crippen molar-refractivity contribution in [2.45, 2.75) is 20.3 Å². The lowest BCUT2D eigenvalue weighted by Crippen LogP contribution is -1.99. The standard InChI is InChI=1S/C13H11BrClFN2/c1-3-10-11(14)12(15)18-13(17-10)9-6-8(16)5-4-7(9)2/h4-6H,3H2,1-2H3. The molecule has 0 spiro atoms. The molecule has 0 radical (unpaired) electrons. The van der Waals surface area contributed by atoms with E-state index in [0.717, 1.165) is 17.7 Å². The van der Waals surface area contributed by atoms with E-state index in [1.165, 1.54) is 12.1 Å². The Labute approximate surface area is 118 Å². The van der Waals surface area contributed by atoms with E-state index in [1.54, 1.807) is 6.07 Å². The second-order valence-corrected chi connectivity index (χ2v) is 5.06. The fourth-order valence-electron chi connectivity index (χ4n) is 1.65. The summed E-state index contributed by atoms with van der Waals surface area (Å²) in [7, 11) is 0. The highest BCUT2D eigenvalue weighted by molar-refractivity contribution is 9.10. The van der Waals surface area contributed by atoms with E-state index >= 15 is 0 Å². The molecule has 1 aromatic carbocycles. The second kappa shape index (κ2) is 5.33. The maximum Gasteiger partial charge on any atom is 0.161 e. The van der Waals surface area contributed by atoms with Crippen LogP contribution in [0.5, 0.6) is 0 Å². The zero-order chi connectivity index (χ0) is 13.3. The van der Waals surface area contributed by atoms with Gasteiger partial charge in [-0.3, -0.25) is 0 Å². The summed E-state index contributed by atoms with van der Waals surface area (Å²) >= 11 is 9.40. The van der Waals surface area contributed by atoms with Gasteiger partial charge >= 0.3 is 0 Å². The number of halogens is 3. The SMILES string of the molecule is CCc1nc(-c2cc(F)ccc2C)nc(Cl)c1Br. The van der Waals surface area contributed by atoms with Crippen LogP contribution in [0.3, 0.4) is 0 Å². The Hall–Kier alpha value is -1.00. The van der Waals surface area contributed by atoms with Crippen LogP contribution in [-0.2, 0) is 6.42 Å². The molecule has 1 aromatic heterocycles. The van der Waals surface area contributed by atoms with Gasteiger partial charge in [-0.1, -0.05) is 24.6 Å². The van der Waals surface area contributed by atoms with E-state index in [-0.39, 0.29) is 5.82 Å². The van der Waals surface area contributed by atoms with E-state index in [1.807, 2.05) is 13.8 Å². The Morgan fingerprint density at radius 3 is 2.72 bits per heavy atom. The molecule has 0 N–H and O–H groups in total. The minimum absolute atomic E-state index is 0.309. The third kappa shape index (κ3) is 2.54. The van der Waals surface area contributed by atoms with Crippen LogP contribution in [0.2, 0.25) is 5.15 Å². The lowest BCUT2D eigenvalue weighted by molar-refractivity contribution is 0.627. The monoisotopic (exact) mass is 328 g/mol. The Bertz CT molecular complexity index is 602. The summed E-state index contributed by atoms with van der Waals surface area (Å²) in [6.07, 6.45) is 0.726. The molecule has 0 atom stereocenters. The van der Waals surface area contributed by atoms with Crippen LogP contribution in [0.1, 0.15) is 18.2 Å². The first-order chi connectivity index (χ1) is 8.52. The molecule has 0 fully saturated rings. The smallest absolute Gasteiger partial charge is 0.161 e. The van der Waals surface area contributed by atoms with Gasteiger partial charge in [-0.25, -0.2) is 14.4 Å². The van der Waals surface area contributed by atoms with Crippen LogP contribution in [0.4, 0.5) is 4.39 Å². The first-order valence-corrected chi connectivity index (χ1v) is 6.68. The van der Waals surface area contributed by atoms with Crippen molar-refractivity contribution in [3.63, 3.8) is 0 Å². The lowest BCUT2D eigenvalue weighted by Gasteiger charge is -2.08. The molecule has 2 nitrogen and oxygen atoms in total. The molecular weight excluding hydrogens is 319 g/mol. The Balaban J connectivity index is 2.64. The summed E-state index contributed by atoms with van der Waals surface area (Å²) in [5.41, 5.74) is 2.39. The molecule has 0 aliphatic rings. The molecule has 0 unspecified atom stereocenters. The summed E-state index contributed by atoms with van der Waals surface area (Å²) in [6, 6.07) is 4.55. The molecular formula is C13H11BrClFN2. The maximum absolute atomic E-state index is 13.3. The molecule has 0 aliphatic carbocycles. The molecule has 1 heterocycles. The first kappa shape index (κ1) is 13.4. The number of hydrogen-bond acceptors (Lipinski definition) is 2. The fraction of sp³-hybridized carbons (Fsp3) is 0.231. The van der Waals surface area contributed by atoms with E-state index in [4.69, 9.17) is 11.6 Å². The molecule has 0 saturated heterocycles. The van der Waals surface area contributed by atoms with E-state index in [0.29, 0.717) is 21.0 Å². The molecule has 0 amide bonds. The van der Waals surface area contributed by atoms with Gasteiger partial charge in [-0.2, -0.15) is 0 Å². The van der Waals surface area contributed by atoms with Crippen molar-refractivity contribution in [3.05, 3.63) is 44.9 Å². The van der Waals surface area contributed by atoms with Gasteiger partial charge in [0.05, 0.1) is 10.2 Å². The van der Waals surface area contributed by atoms with E-state index in [2.05, 4.69) is 25.9 Å².